The third kappa shape index (κ3) is 2.06. The van der Waals surface area contributed by atoms with Crippen molar-refractivity contribution in [2.24, 2.45) is 0 Å². The summed E-state index contributed by atoms with van der Waals surface area (Å²) in [5.74, 6) is -2.36. The molecule has 4 nitrogen and oxygen atoms in total. The molecule has 7 heteroatoms. The Morgan fingerprint density at radius 2 is 2.11 bits per heavy atom. The number of ether oxygens (including phenoxy) is 1. The molecule has 18 heavy (non-hydrogen) atoms. The van der Waals surface area contributed by atoms with E-state index in [1.807, 2.05) is 0 Å². The van der Waals surface area contributed by atoms with Crippen LogP contribution in [0.5, 0.6) is 0 Å². The maximum Gasteiger partial charge on any atom is 0.339 e. The molecule has 0 aliphatic rings. The van der Waals surface area contributed by atoms with Crippen LogP contribution < -0.4 is 0 Å². The second-order valence-electron chi connectivity index (χ2n) is 3.40. The van der Waals surface area contributed by atoms with E-state index in [2.05, 4.69) is 14.9 Å². The number of carbonyl (C=O) groups excluding carboxylic acids is 1. The van der Waals surface area contributed by atoms with Gasteiger partial charge in [0.15, 0.2) is 0 Å². The van der Waals surface area contributed by atoms with Gasteiger partial charge in [0, 0.05) is 11.8 Å². The number of rotatable bonds is 2. The van der Waals surface area contributed by atoms with Gasteiger partial charge in [-0.25, -0.2) is 9.18 Å². The zero-order valence-corrected chi connectivity index (χ0v) is 9.89. The predicted octanol–water partition coefficient (Wildman–Crippen LogP) is 2.79. The van der Waals surface area contributed by atoms with Crippen LogP contribution in [0, 0.1) is 11.8 Å². The number of esters is 1. The van der Waals surface area contributed by atoms with Gasteiger partial charge in [0.1, 0.15) is 5.82 Å². The van der Waals surface area contributed by atoms with Crippen molar-refractivity contribution in [1.29, 1.82) is 0 Å². The van der Waals surface area contributed by atoms with Gasteiger partial charge in [-0.2, -0.15) is 4.39 Å². The van der Waals surface area contributed by atoms with Gasteiger partial charge >= 0.3 is 5.97 Å². The second kappa shape index (κ2) is 4.73. The molecule has 0 saturated carbocycles. The lowest BCUT2D eigenvalue weighted by molar-refractivity contribution is 0.0600. The van der Waals surface area contributed by atoms with Crippen LogP contribution in [0.4, 0.5) is 8.78 Å². The summed E-state index contributed by atoms with van der Waals surface area (Å²) < 4.78 is 31.2. The quantitative estimate of drug-likeness (QED) is 0.855. The molecule has 0 aliphatic carbocycles. The van der Waals surface area contributed by atoms with Crippen molar-refractivity contribution >= 4 is 17.6 Å². The maximum absolute atomic E-state index is 13.4. The molecule has 94 valence electrons. The maximum atomic E-state index is 13.4. The normalized spacial score (nSPS) is 10.4. The molecule has 0 unspecified atom stereocenters. The van der Waals surface area contributed by atoms with E-state index in [0.29, 0.717) is 0 Å². The zero-order valence-electron chi connectivity index (χ0n) is 9.13. The predicted molar refractivity (Wildman–Crippen MR) is 60.3 cm³/mol. The van der Waals surface area contributed by atoms with Gasteiger partial charge in [0.25, 0.3) is 0 Å². The lowest BCUT2D eigenvalue weighted by atomic mass is 10.1. The summed E-state index contributed by atoms with van der Waals surface area (Å²) in [6.45, 7) is 0. The molecule has 0 bridgehead atoms. The van der Waals surface area contributed by atoms with Gasteiger partial charge in [-0.1, -0.05) is 11.6 Å². The number of H-pyrrole nitrogens is 1. The fourth-order valence-corrected chi connectivity index (χ4v) is 1.79. The molecule has 0 fully saturated rings. The molecule has 2 aromatic rings. The number of hydrogen-bond acceptors (Lipinski definition) is 3. The van der Waals surface area contributed by atoms with Crippen molar-refractivity contribution in [3.63, 3.8) is 0 Å². The van der Waals surface area contributed by atoms with Crippen molar-refractivity contribution in [3.05, 3.63) is 40.7 Å². The topological polar surface area (TPSA) is 55.0 Å². The van der Waals surface area contributed by atoms with Crippen LogP contribution in [-0.2, 0) is 4.74 Å². The van der Waals surface area contributed by atoms with Gasteiger partial charge in [-0.15, -0.1) is 5.10 Å². The van der Waals surface area contributed by atoms with E-state index < -0.39 is 17.7 Å². The summed E-state index contributed by atoms with van der Waals surface area (Å²) in [5, 5.41) is 5.46. The summed E-state index contributed by atoms with van der Waals surface area (Å²) in [7, 11) is 1.14. The smallest absolute Gasteiger partial charge is 0.339 e. The van der Waals surface area contributed by atoms with Gasteiger partial charge < -0.3 is 4.74 Å². The van der Waals surface area contributed by atoms with Crippen LogP contribution in [0.25, 0.3) is 11.1 Å². The van der Waals surface area contributed by atoms with Crippen molar-refractivity contribution in [2.75, 3.05) is 7.11 Å². The van der Waals surface area contributed by atoms with Gasteiger partial charge in [0.05, 0.1) is 23.3 Å². The number of aromatic amines is 1. The van der Waals surface area contributed by atoms with Crippen molar-refractivity contribution in [1.82, 2.24) is 10.2 Å². The summed E-state index contributed by atoms with van der Waals surface area (Å²) in [4.78, 5) is 11.4. The van der Waals surface area contributed by atoms with Crippen molar-refractivity contribution < 1.29 is 18.3 Å². The number of nitrogens with one attached hydrogen (secondary N) is 1. The standard InChI is InChI=1S/C11H7ClF2N2O2/c1-18-11(17)7-3-5(13)2-6(9(7)12)8-4-15-16-10(8)14/h2-4H,1H3,(H,15,16). The highest BCUT2D eigenvalue weighted by Crippen LogP contribution is 2.33. The highest BCUT2D eigenvalue weighted by Gasteiger charge is 2.20. The van der Waals surface area contributed by atoms with E-state index in [9.17, 15) is 13.6 Å². The highest BCUT2D eigenvalue weighted by atomic mass is 35.5. The SMILES string of the molecule is COC(=O)c1cc(F)cc(-c2c[nH]nc2F)c1Cl. The Bertz CT molecular complexity index is 613. The summed E-state index contributed by atoms with van der Waals surface area (Å²) in [6.07, 6.45) is 1.22. The fraction of sp³-hybridized carbons (Fsp3) is 0.0909. The summed E-state index contributed by atoms with van der Waals surface area (Å²) in [5.41, 5.74) is -0.164. The number of methoxy groups -OCH3 is 1. The Morgan fingerprint density at radius 3 is 2.67 bits per heavy atom. The van der Waals surface area contributed by atoms with E-state index in [0.717, 1.165) is 19.2 Å². The summed E-state index contributed by atoms with van der Waals surface area (Å²) in [6, 6.07) is 1.94. The van der Waals surface area contributed by atoms with Crippen LogP contribution in [-0.4, -0.2) is 23.3 Å². The first-order valence-corrected chi connectivity index (χ1v) is 5.19. The Morgan fingerprint density at radius 1 is 1.39 bits per heavy atom. The Kier molecular flexibility index (Phi) is 3.29. The molecular formula is C11H7ClF2N2O2. The van der Waals surface area contributed by atoms with Crippen LogP contribution in [0.1, 0.15) is 10.4 Å². The Hall–Kier alpha value is -1.95. The molecule has 0 aliphatic heterocycles. The average Bonchev–Trinajstić information content (AvgIpc) is 2.77. The van der Waals surface area contributed by atoms with Crippen LogP contribution >= 0.6 is 11.6 Å². The lowest BCUT2D eigenvalue weighted by Gasteiger charge is -2.07. The first-order valence-electron chi connectivity index (χ1n) is 4.81. The summed E-state index contributed by atoms with van der Waals surface area (Å²) >= 11 is 5.94. The van der Waals surface area contributed by atoms with E-state index in [4.69, 9.17) is 11.6 Å². The highest BCUT2D eigenvalue weighted by molar-refractivity contribution is 6.36. The Labute approximate surface area is 106 Å². The molecule has 1 aromatic heterocycles. The molecular weight excluding hydrogens is 266 g/mol. The average molecular weight is 273 g/mol. The number of carbonyl (C=O) groups is 1. The fourth-order valence-electron chi connectivity index (χ4n) is 1.51. The third-order valence-electron chi connectivity index (χ3n) is 2.33. The monoisotopic (exact) mass is 272 g/mol. The first-order chi connectivity index (χ1) is 8.54. The van der Waals surface area contributed by atoms with Gasteiger partial charge in [0.2, 0.25) is 5.95 Å². The van der Waals surface area contributed by atoms with Gasteiger partial charge in [-0.05, 0) is 12.1 Å². The van der Waals surface area contributed by atoms with E-state index in [1.54, 1.807) is 0 Å². The van der Waals surface area contributed by atoms with Gasteiger partial charge in [-0.3, -0.25) is 5.10 Å². The van der Waals surface area contributed by atoms with Crippen LogP contribution in [0.15, 0.2) is 18.3 Å². The first kappa shape index (κ1) is 12.5. The minimum absolute atomic E-state index is 0.0235. The molecule has 0 spiro atoms. The number of nitrogens with zero attached hydrogens (tertiary/aromatic N) is 1. The molecule has 0 atom stereocenters. The van der Waals surface area contributed by atoms with Crippen molar-refractivity contribution in [3.8, 4) is 11.1 Å². The zero-order chi connectivity index (χ0) is 13.3. The molecule has 0 saturated heterocycles. The number of benzene rings is 1. The third-order valence-corrected chi connectivity index (χ3v) is 2.73. The van der Waals surface area contributed by atoms with E-state index in [-0.39, 0.29) is 21.7 Å². The molecule has 0 radical (unpaired) electrons. The molecule has 0 amide bonds. The minimum atomic E-state index is -0.835. The largest absolute Gasteiger partial charge is 0.465 e. The molecule has 1 aromatic carbocycles. The van der Waals surface area contributed by atoms with Crippen LogP contribution in [0.2, 0.25) is 5.02 Å². The lowest BCUT2D eigenvalue weighted by Crippen LogP contribution is -2.04. The molecule has 2 rings (SSSR count). The van der Waals surface area contributed by atoms with E-state index in [1.165, 1.54) is 6.20 Å². The number of halogens is 3. The van der Waals surface area contributed by atoms with Crippen molar-refractivity contribution in [2.45, 2.75) is 0 Å². The second-order valence-corrected chi connectivity index (χ2v) is 3.77. The Balaban J connectivity index is 2.66. The number of aromatic nitrogens is 2. The van der Waals surface area contributed by atoms with Crippen LogP contribution in [0.3, 0.4) is 0 Å². The molecule has 1 N–H and O–H groups in total. The minimum Gasteiger partial charge on any atom is -0.465 e. The molecule has 1 heterocycles. The van der Waals surface area contributed by atoms with E-state index >= 15 is 0 Å². The number of hydrogen-bond donors (Lipinski definition) is 1.